The summed E-state index contributed by atoms with van der Waals surface area (Å²) < 4.78 is 52.3. The number of hydrogen-bond donors (Lipinski definition) is 1. The van der Waals surface area contributed by atoms with E-state index < -0.39 is 30.7 Å². The normalized spacial score (nSPS) is 12.0. The fourth-order valence-electron chi connectivity index (χ4n) is 2.62. The smallest absolute Gasteiger partial charge is 0.326 e. The van der Waals surface area contributed by atoms with Crippen LogP contribution in [0.15, 0.2) is 36.7 Å². The van der Waals surface area contributed by atoms with E-state index in [0.717, 1.165) is 17.0 Å². The summed E-state index contributed by atoms with van der Waals surface area (Å²) >= 11 is 0. The highest BCUT2D eigenvalue weighted by atomic mass is 19.4. The molecule has 0 radical (unpaired) electrons. The van der Waals surface area contributed by atoms with Crippen LogP contribution in [0.25, 0.3) is 16.7 Å². The second-order valence-electron chi connectivity index (χ2n) is 6.74. The lowest BCUT2D eigenvalue weighted by Crippen LogP contribution is -2.16. The standard InChI is InChI=1S/C19H18F4N4O/c1-11(2)12-7-13-10-27(26-18(13)24-9-12)16-8-14(3-4-15(16)20)25-17(28)5-6-19(21,22)23/h3-4,7-11H,5-6H2,1-2H3,(H,25,28). The first-order valence-corrected chi connectivity index (χ1v) is 8.64. The van der Waals surface area contributed by atoms with Crippen molar-refractivity contribution in [2.24, 2.45) is 0 Å². The molecule has 0 saturated carbocycles. The van der Waals surface area contributed by atoms with Crippen molar-refractivity contribution in [3.63, 3.8) is 0 Å². The molecule has 0 aliphatic heterocycles. The summed E-state index contributed by atoms with van der Waals surface area (Å²) in [6, 6.07) is 5.63. The van der Waals surface area contributed by atoms with E-state index in [1.54, 1.807) is 12.4 Å². The monoisotopic (exact) mass is 394 g/mol. The number of nitrogens with zero attached hydrogens (tertiary/aromatic N) is 3. The van der Waals surface area contributed by atoms with Gasteiger partial charge in [0.1, 0.15) is 11.5 Å². The average Bonchev–Trinajstić information content (AvgIpc) is 3.04. The fourth-order valence-corrected chi connectivity index (χ4v) is 2.62. The van der Waals surface area contributed by atoms with Gasteiger partial charge in [-0.2, -0.15) is 13.2 Å². The van der Waals surface area contributed by atoms with Gasteiger partial charge in [-0.3, -0.25) is 4.79 Å². The first-order valence-electron chi connectivity index (χ1n) is 8.64. The van der Waals surface area contributed by atoms with Crippen LogP contribution in [0.1, 0.15) is 38.2 Å². The number of carbonyl (C=O) groups is 1. The molecule has 2 aromatic heterocycles. The Bertz CT molecular complexity index is 1010. The molecule has 0 atom stereocenters. The molecule has 148 valence electrons. The van der Waals surface area contributed by atoms with Crippen molar-refractivity contribution in [3.8, 4) is 5.69 Å². The van der Waals surface area contributed by atoms with Gasteiger partial charge < -0.3 is 5.32 Å². The SMILES string of the molecule is CC(C)c1cnc2nn(-c3cc(NC(=O)CCC(F)(F)F)ccc3F)cc2c1. The van der Waals surface area contributed by atoms with Gasteiger partial charge in [0.2, 0.25) is 5.91 Å². The van der Waals surface area contributed by atoms with Crippen molar-refractivity contribution in [1.82, 2.24) is 14.8 Å². The quantitative estimate of drug-likeness (QED) is 0.622. The molecular weight excluding hydrogens is 376 g/mol. The lowest BCUT2D eigenvalue weighted by molar-refractivity contribution is -0.142. The Labute approximate surface area is 158 Å². The number of hydrogen-bond acceptors (Lipinski definition) is 3. The van der Waals surface area contributed by atoms with E-state index in [1.807, 2.05) is 19.9 Å². The minimum atomic E-state index is -4.41. The summed E-state index contributed by atoms with van der Waals surface area (Å²) in [6.45, 7) is 4.05. The van der Waals surface area contributed by atoms with Crippen molar-refractivity contribution in [1.29, 1.82) is 0 Å². The molecule has 5 nitrogen and oxygen atoms in total. The Morgan fingerprint density at radius 1 is 1.25 bits per heavy atom. The van der Waals surface area contributed by atoms with Crippen LogP contribution in [0, 0.1) is 5.82 Å². The molecule has 0 bridgehead atoms. The van der Waals surface area contributed by atoms with Crippen LogP contribution in [0.3, 0.4) is 0 Å². The summed E-state index contributed by atoms with van der Waals surface area (Å²) in [6.07, 6.45) is -3.02. The summed E-state index contributed by atoms with van der Waals surface area (Å²) in [5.74, 6) is -1.12. The average molecular weight is 394 g/mol. The summed E-state index contributed by atoms with van der Waals surface area (Å²) in [5.41, 5.74) is 1.68. The van der Waals surface area contributed by atoms with Gasteiger partial charge in [0.05, 0.1) is 6.42 Å². The number of nitrogens with one attached hydrogen (secondary N) is 1. The Kier molecular flexibility index (Phi) is 5.35. The predicted octanol–water partition coefficient (Wildman–Crippen LogP) is 4.96. The van der Waals surface area contributed by atoms with Gasteiger partial charge in [-0.1, -0.05) is 13.8 Å². The van der Waals surface area contributed by atoms with Crippen LogP contribution in [0.2, 0.25) is 0 Å². The number of alkyl halides is 3. The van der Waals surface area contributed by atoms with Crippen LogP contribution in [0.5, 0.6) is 0 Å². The minimum Gasteiger partial charge on any atom is -0.326 e. The Balaban J connectivity index is 1.85. The van der Waals surface area contributed by atoms with Gasteiger partial charge >= 0.3 is 6.18 Å². The van der Waals surface area contributed by atoms with Gasteiger partial charge in [0.25, 0.3) is 0 Å². The molecule has 0 unspecified atom stereocenters. The zero-order valence-corrected chi connectivity index (χ0v) is 15.2. The molecular formula is C19H18F4N4O. The third-order valence-electron chi connectivity index (χ3n) is 4.16. The summed E-state index contributed by atoms with van der Waals surface area (Å²) in [7, 11) is 0. The van der Waals surface area contributed by atoms with Crippen LogP contribution in [-0.2, 0) is 4.79 Å². The number of benzene rings is 1. The van der Waals surface area contributed by atoms with E-state index in [4.69, 9.17) is 0 Å². The van der Waals surface area contributed by atoms with Crippen LogP contribution in [0.4, 0.5) is 23.2 Å². The van der Waals surface area contributed by atoms with Crippen molar-refractivity contribution >= 4 is 22.6 Å². The highest BCUT2D eigenvalue weighted by molar-refractivity contribution is 5.91. The second kappa shape index (κ2) is 7.57. The van der Waals surface area contributed by atoms with Crippen molar-refractivity contribution < 1.29 is 22.4 Å². The van der Waals surface area contributed by atoms with Gasteiger partial charge in [-0.25, -0.2) is 14.1 Å². The molecule has 0 saturated heterocycles. The largest absolute Gasteiger partial charge is 0.389 e. The number of anilines is 1. The zero-order chi connectivity index (χ0) is 20.5. The number of fused-ring (bicyclic) bond motifs is 1. The summed E-state index contributed by atoms with van der Waals surface area (Å²) in [5, 5.41) is 7.31. The minimum absolute atomic E-state index is 0.0534. The zero-order valence-electron chi connectivity index (χ0n) is 15.2. The van der Waals surface area contributed by atoms with Gasteiger partial charge in [0, 0.05) is 29.9 Å². The molecule has 0 aliphatic rings. The first-order chi connectivity index (χ1) is 13.1. The van der Waals surface area contributed by atoms with E-state index >= 15 is 0 Å². The molecule has 3 rings (SSSR count). The number of rotatable bonds is 5. The van der Waals surface area contributed by atoms with Crippen LogP contribution < -0.4 is 5.32 Å². The lowest BCUT2D eigenvalue weighted by atomic mass is 10.1. The lowest BCUT2D eigenvalue weighted by Gasteiger charge is -2.09. The van der Waals surface area contributed by atoms with Crippen LogP contribution >= 0.6 is 0 Å². The number of amides is 1. The molecule has 1 amide bonds. The van der Waals surface area contributed by atoms with E-state index in [-0.39, 0.29) is 17.3 Å². The second-order valence-corrected chi connectivity index (χ2v) is 6.74. The predicted molar refractivity (Wildman–Crippen MR) is 96.8 cm³/mol. The Morgan fingerprint density at radius 2 is 2.00 bits per heavy atom. The van der Waals surface area contributed by atoms with Crippen molar-refractivity contribution in [3.05, 3.63) is 48.0 Å². The Morgan fingerprint density at radius 3 is 2.68 bits per heavy atom. The molecule has 0 spiro atoms. The maximum atomic E-state index is 14.3. The number of pyridine rings is 1. The maximum Gasteiger partial charge on any atom is 0.389 e. The highest BCUT2D eigenvalue weighted by Gasteiger charge is 2.27. The Hall–Kier alpha value is -2.97. The molecule has 9 heteroatoms. The molecule has 0 aliphatic carbocycles. The van der Waals surface area contributed by atoms with Gasteiger partial charge in [-0.15, -0.1) is 5.10 Å². The molecule has 28 heavy (non-hydrogen) atoms. The highest BCUT2D eigenvalue weighted by Crippen LogP contribution is 2.24. The van der Waals surface area contributed by atoms with E-state index in [1.165, 1.54) is 16.8 Å². The van der Waals surface area contributed by atoms with E-state index in [9.17, 15) is 22.4 Å². The summed E-state index contributed by atoms with van der Waals surface area (Å²) in [4.78, 5) is 16.0. The number of carbonyl (C=O) groups excluding carboxylic acids is 1. The van der Waals surface area contributed by atoms with E-state index in [0.29, 0.717) is 5.65 Å². The maximum absolute atomic E-state index is 14.3. The fraction of sp³-hybridized carbons (Fsp3) is 0.316. The topological polar surface area (TPSA) is 59.8 Å². The van der Waals surface area contributed by atoms with Crippen LogP contribution in [-0.4, -0.2) is 26.8 Å². The molecule has 2 heterocycles. The number of halogens is 4. The van der Waals surface area contributed by atoms with Crippen molar-refractivity contribution in [2.75, 3.05) is 5.32 Å². The molecule has 1 aromatic carbocycles. The molecule has 3 aromatic rings. The third-order valence-corrected chi connectivity index (χ3v) is 4.16. The molecule has 0 fully saturated rings. The van der Waals surface area contributed by atoms with Gasteiger partial charge in [-0.05, 0) is 35.7 Å². The van der Waals surface area contributed by atoms with E-state index in [2.05, 4.69) is 15.4 Å². The van der Waals surface area contributed by atoms with Gasteiger partial charge in [0.15, 0.2) is 5.65 Å². The number of aromatic nitrogens is 3. The third kappa shape index (κ3) is 4.65. The molecule has 1 N–H and O–H groups in total. The first kappa shape index (κ1) is 19.8. The van der Waals surface area contributed by atoms with Crippen molar-refractivity contribution in [2.45, 2.75) is 38.8 Å².